The van der Waals surface area contributed by atoms with Crippen molar-refractivity contribution in [3.05, 3.63) is 58.5 Å². The van der Waals surface area contributed by atoms with E-state index in [4.69, 9.17) is 14.2 Å². The van der Waals surface area contributed by atoms with Crippen LogP contribution >= 0.6 is 11.8 Å². The minimum atomic E-state index is -0.389. The molecule has 0 aromatic heterocycles. The SMILES string of the molecule is CCc1cccc(OCC(=O)NCCN2C(=O)S/C(=C/c3ccc4c(c3)OCO4)C2=O)c1. The molecule has 0 bridgehead atoms. The maximum Gasteiger partial charge on any atom is 0.293 e. The molecule has 1 saturated heterocycles. The number of rotatable bonds is 8. The van der Waals surface area contributed by atoms with Crippen molar-refractivity contribution in [2.45, 2.75) is 13.3 Å². The van der Waals surface area contributed by atoms with Crippen LogP contribution in [-0.2, 0) is 16.0 Å². The molecule has 0 spiro atoms. The van der Waals surface area contributed by atoms with Gasteiger partial charge in [-0.3, -0.25) is 19.3 Å². The molecule has 0 aliphatic carbocycles. The molecule has 32 heavy (non-hydrogen) atoms. The van der Waals surface area contributed by atoms with Gasteiger partial charge in [-0.1, -0.05) is 25.1 Å². The minimum absolute atomic E-state index is 0.0835. The van der Waals surface area contributed by atoms with Crippen molar-refractivity contribution in [2.24, 2.45) is 0 Å². The van der Waals surface area contributed by atoms with Gasteiger partial charge in [0.15, 0.2) is 18.1 Å². The van der Waals surface area contributed by atoms with E-state index in [9.17, 15) is 14.4 Å². The van der Waals surface area contributed by atoms with Crippen LogP contribution in [-0.4, -0.2) is 48.4 Å². The van der Waals surface area contributed by atoms with E-state index in [1.54, 1.807) is 30.3 Å². The highest BCUT2D eigenvalue weighted by Crippen LogP contribution is 2.36. The van der Waals surface area contributed by atoms with Gasteiger partial charge in [0, 0.05) is 13.1 Å². The number of nitrogens with zero attached hydrogens (tertiary/aromatic N) is 1. The molecule has 2 heterocycles. The minimum Gasteiger partial charge on any atom is -0.484 e. The maximum atomic E-state index is 12.6. The van der Waals surface area contributed by atoms with Crippen molar-refractivity contribution in [3.63, 3.8) is 0 Å². The summed E-state index contributed by atoms with van der Waals surface area (Å²) in [5.74, 6) is 1.16. The quantitative estimate of drug-likeness (QED) is 0.612. The summed E-state index contributed by atoms with van der Waals surface area (Å²) in [6, 6.07) is 12.9. The van der Waals surface area contributed by atoms with E-state index in [2.05, 4.69) is 5.32 Å². The van der Waals surface area contributed by atoms with Crippen LogP contribution in [0.4, 0.5) is 4.79 Å². The van der Waals surface area contributed by atoms with Crippen molar-refractivity contribution in [1.29, 1.82) is 0 Å². The number of ether oxygens (including phenoxy) is 3. The molecule has 2 aliphatic rings. The van der Waals surface area contributed by atoms with Crippen molar-refractivity contribution in [1.82, 2.24) is 10.2 Å². The van der Waals surface area contributed by atoms with Crippen LogP contribution in [0.15, 0.2) is 47.4 Å². The maximum absolute atomic E-state index is 12.6. The Morgan fingerprint density at radius 1 is 1.19 bits per heavy atom. The normalized spacial score (nSPS) is 16.0. The molecule has 0 unspecified atom stereocenters. The molecule has 1 N–H and O–H groups in total. The Kier molecular flexibility index (Phi) is 6.65. The molecule has 2 aromatic carbocycles. The lowest BCUT2D eigenvalue weighted by Crippen LogP contribution is -2.38. The van der Waals surface area contributed by atoms with Gasteiger partial charge >= 0.3 is 0 Å². The van der Waals surface area contributed by atoms with Gasteiger partial charge in [-0.25, -0.2) is 0 Å². The molecule has 0 radical (unpaired) electrons. The Balaban J connectivity index is 1.27. The van der Waals surface area contributed by atoms with Gasteiger partial charge in [0.25, 0.3) is 17.1 Å². The van der Waals surface area contributed by atoms with Crippen LogP contribution < -0.4 is 19.5 Å². The first-order chi connectivity index (χ1) is 15.5. The van der Waals surface area contributed by atoms with Gasteiger partial charge in [-0.2, -0.15) is 0 Å². The van der Waals surface area contributed by atoms with Crippen LogP contribution in [0.5, 0.6) is 17.2 Å². The summed E-state index contributed by atoms with van der Waals surface area (Å²) in [5, 5.41) is 2.30. The number of aryl methyl sites for hydroxylation is 1. The van der Waals surface area contributed by atoms with E-state index >= 15 is 0 Å². The van der Waals surface area contributed by atoms with Crippen LogP contribution in [0.25, 0.3) is 6.08 Å². The molecular weight excluding hydrogens is 432 g/mol. The lowest BCUT2D eigenvalue weighted by molar-refractivity contribution is -0.125. The summed E-state index contributed by atoms with van der Waals surface area (Å²) in [6.07, 6.45) is 2.52. The van der Waals surface area contributed by atoms with Crippen molar-refractivity contribution >= 4 is 34.9 Å². The topological polar surface area (TPSA) is 94.2 Å². The third-order valence-electron chi connectivity index (χ3n) is 4.90. The fourth-order valence-electron chi connectivity index (χ4n) is 3.21. The van der Waals surface area contributed by atoms with Gasteiger partial charge in [0.05, 0.1) is 4.91 Å². The Morgan fingerprint density at radius 2 is 2.03 bits per heavy atom. The van der Waals surface area contributed by atoms with Gasteiger partial charge in [-0.15, -0.1) is 0 Å². The number of carbonyl (C=O) groups excluding carboxylic acids is 3. The van der Waals surface area contributed by atoms with E-state index in [0.29, 0.717) is 22.2 Å². The second-order valence-corrected chi connectivity index (χ2v) is 8.08. The molecule has 3 amide bonds. The summed E-state index contributed by atoms with van der Waals surface area (Å²) in [7, 11) is 0. The predicted molar refractivity (Wildman–Crippen MR) is 120 cm³/mol. The molecular formula is C23H22N2O6S. The number of amides is 3. The number of carbonyl (C=O) groups is 3. The monoisotopic (exact) mass is 454 g/mol. The molecule has 166 valence electrons. The van der Waals surface area contributed by atoms with Crippen LogP contribution in [0.1, 0.15) is 18.1 Å². The zero-order valence-electron chi connectivity index (χ0n) is 17.5. The van der Waals surface area contributed by atoms with Gasteiger partial charge < -0.3 is 19.5 Å². The second-order valence-electron chi connectivity index (χ2n) is 7.09. The molecule has 1 fully saturated rings. The highest BCUT2D eigenvalue weighted by atomic mass is 32.2. The lowest BCUT2D eigenvalue weighted by Gasteiger charge is -2.13. The Bertz CT molecular complexity index is 1080. The molecule has 8 nitrogen and oxygen atoms in total. The lowest BCUT2D eigenvalue weighted by atomic mass is 10.2. The zero-order chi connectivity index (χ0) is 22.5. The van der Waals surface area contributed by atoms with E-state index in [0.717, 1.165) is 34.2 Å². The molecule has 2 aliphatic heterocycles. The summed E-state index contributed by atoms with van der Waals surface area (Å²) in [4.78, 5) is 38.4. The summed E-state index contributed by atoms with van der Waals surface area (Å²) < 4.78 is 16.1. The second kappa shape index (κ2) is 9.78. The number of imide groups is 1. The number of hydrogen-bond donors (Lipinski definition) is 1. The first kappa shape index (κ1) is 21.8. The van der Waals surface area contributed by atoms with E-state index in [1.807, 2.05) is 25.1 Å². The molecule has 2 aromatic rings. The largest absolute Gasteiger partial charge is 0.484 e. The highest BCUT2D eigenvalue weighted by Gasteiger charge is 2.34. The number of benzene rings is 2. The van der Waals surface area contributed by atoms with Gasteiger partial charge in [-0.05, 0) is 59.7 Å². The average Bonchev–Trinajstić information content (AvgIpc) is 3.37. The van der Waals surface area contributed by atoms with Gasteiger partial charge in [0.1, 0.15) is 5.75 Å². The summed E-state index contributed by atoms with van der Waals surface area (Å²) >= 11 is 0.869. The van der Waals surface area contributed by atoms with Gasteiger partial charge in [0.2, 0.25) is 6.79 Å². The summed E-state index contributed by atoms with van der Waals surface area (Å²) in [5.41, 5.74) is 1.86. The predicted octanol–water partition coefficient (Wildman–Crippen LogP) is 3.21. The van der Waals surface area contributed by atoms with Crippen molar-refractivity contribution in [3.8, 4) is 17.2 Å². The third-order valence-corrected chi connectivity index (χ3v) is 5.81. The van der Waals surface area contributed by atoms with E-state index in [-0.39, 0.29) is 43.5 Å². The number of hydrogen-bond acceptors (Lipinski definition) is 7. The molecule has 0 saturated carbocycles. The Morgan fingerprint density at radius 3 is 2.88 bits per heavy atom. The molecule has 0 atom stereocenters. The number of nitrogens with one attached hydrogen (secondary N) is 1. The average molecular weight is 455 g/mol. The standard InChI is InChI=1S/C23H22N2O6S/c1-2-15-4-3-5-17(10-15)29-13-21(26)24-8-9-25-22(27)20(32-23(25)28)12-16-6-7-18-19(11-16)31-14-30-18/h3-7,10-12H,2,8-9,13-14H2,1H3,(H,24,26)/b20-12+. The van der Waals surface area contributed by atoms with E-state index in [1.165, 1.54) is 0 Å². The van der Waals surface area contributed by atoms with Crippen molar-refractivity contribution < 1.29 is 28.6 Å². The Labute approximate surface area is 189 Å². The molecule has 9 heteroatoms. The third kappa shape index (κ3) is 5.05. The summed E-state index contributed by atoms with van der Waals surface area (Å²) in [6.45, 7) is 2.30. The van der Waals surface area contributed by atoms with Crippen LogP contribution in [0.3, 0.4) is 0 Å². The fourth-order valence-corrected chi connectivity index (χ4v) is 4.07. The van der Waals surface area contributed by atoms with Crippen LogP contribution in [0, 0.1) is 0 Å². The zero-order valence-corrected chi connectivity index (χ0v) is 18.3. The van der Waals surface area contributed by atoms with E-state index < -0.39 is 0 Å². The molecule has 4 rings (SSSR count). The first-order valence-corrected chi connectivity index (χ1v) is 11.0. The number of thioether (sulfide) groups is 1. The number of fused-ring (bicyclic) bond motifs is 1. The first-order valence-electron chi connectivity index (χ1n) is 10.2. The Hall–Kier alpha value is -3.46. The fraction of sp³-hybridized carbons (Fsp3) is 0.261. The van der Waals surface area contributed by atoms with Crippen molar-refractivity contribution in [2.75, 3.05) is 26.5 Å². The highest BCUT2D eigenvalue weighted by molar-refractivity contribution is 8.18. The smallest absolute Gasteiger partial charge is 0.293 e. The van der Waals surface area contributed by atoms with Crippen LogP contribution in [0.2, 0.25) is 0 Å².